The molecule has 1 heterocycles. The highest BCUT2D eigenvalue weighted by atomic mass is 79.9. The number of hydrogen-bond donors (Lipinski definition) is 0. The van der Waals surface area contributed by atoms with Crippen molar-refractivity contribution in [3.05, 3.63) is 105 Å². The van der Waals surface area contributed by atoms with Crippen molar-refractivity contribution in [3.8, 4) is 5.69 Å². The van der Waals surface area contributed by atoms with E-state index in [9.17, 15) is 9.59 Å². The van der Waals surface area contributed by atoms with Crippen molar-refractivity contribution in [3.63, 3.8) is 0 Å². The van der Waals surface area contributed by atoms with Gasteiger partial charge in [-0.2, -0.15) is 0 Å². The van der Waals surface area contributed by atoms with Crippen molar-refractivity contribution in [2.24, 2.45) is 0 Å². The molecule has 1 amide bonds. The lowest BCUT2D eigenvalue weighted by Gasteiger charge is -2.33. The largest absolute Gasteiger partial charge is 0.331 e. The van der Waals surface area contributed by atoms with Gasteiger partial charge >= 0.3 is 0 Å². The minimum atomic E-state index is -0.357. The maximum atomic E-state index is 13.8. The van der Waals surface area contributed by atoms with E-state index in [1.807, 2.05) is 98.7 Å². The fourth-order valence-corrected chi connectivity index (χ4v) is 4.82. The van der Waals surface area contributed by atoms with Crippen molar-refractivity contribution >= 4 is 32.7 Å². The second kappa shape index (κ2) is 12.3. The molecule has 192 valence electrons. The highest BCUT2D eigenvalue weighted by Crippen LogP contribution is 2.27. The van der Waals surface area contributed by atoms with Crippen LogP contribution >= 0.6 is 15.9 Å². The summed E-state index contributed by atoms with van der Waals surface area (Å²) in [5, 5.41) is 0.555. The Morgan fingerprint density at radius 1 is 0.946 bits per heavy atom. The number of hydrogen-bond acceptors (Lipinski definition) is 4. The summed E-state index contributed by atoms with van der Waals surface area (Å²) in [5.41, 5.74) is 2.36. The highest BCUT2D eigenvalue weighted by molar-refractivity contribution is 9.10. The summed E-state index contributed by atoms with van der Waals surface area (Å²) in [6, 6.07) is 24.7. The van der Waals surface area contributed by atoms with Crippen LogP contribution in [0.25, 0.3) is 16.6 Å². The third-order valence-corrected chi connectivity index (χ3v) is 7.05. The molecule has 1 aromatic heterocycles. The Morgan fingerprint density at radius 3 is 2.30 bits per heavy atom. The molecule has 4 aromatic rings. The zero-order valence-electron chi connectivity index (χ0n) is 21.6. The van der Waals surface area contributed by atoms with Crippen LogP contribution in [0.2, 0.25) is 0 Å². The van der Waals surface area contributed by atoms with Crippen LogP contribution < -0.4 is 5.56 Å². The zero-order valence-corrected chi connectivity index (χ0v) is 23.2. The van der Waals surface area contributed by atoms with Crippen LogP contribution in [-0.2, 0) is 11.2 Å². The number of carbonyl (C=O) groups is 1. The van der Waals surface area contributed by atoms with Gasteiger partial charge in [-0.05, 0) is 68.9 Å². The zero-order chi connectivity index (χ0) is 26.4. The van der Waals surface area contributed by atoms with Crippen LogP contribution in [0.3, 0.4) is 0 Å². The standard InChI is InChI=1S/C30H33BrN4O2/c1-4-27(34(21-20-33(2)3)28(36)19-14-22-10-6-5-7-11-22)29-32-26-13-9-8-12-25(26)30(37)35(29)24-17-15-23(31)16-18-24/h5-13,15-18,27H,4,14,19-21H2,1-3H3. The number of aromatic nitrogens is 2. The van der Waals surface area contributed by atoms with E-state index in [1.54, 1.807) is 10.6 Å². The maximum absolute atomic E-state index is 13.8. The monoisotopic (exact) mass is 560 g/mol. The van der Waals surface area contributed by atoms with Crippen molar-refractivity contribution in [2.45, 2.75) is 32.2 Å². The van der Waals surface area contributed by atoms with Crippen LogP contribution in [-0.4, -0.2) is 52.4 Å². The van der Waals surface area contributed by atoms with Crippen LogP contribution in [0.4, 0.5) is 0 Å². The summed E-state index contributed by atoms with van der Waals surface area (Å²) in [6.07, 6.45) is 1.69. The first-order chi connectivity index (χ1) is 17.9. The Bertz CT molecular complexity index is 1400. The van der Waals surface area contributed by atoms with Gasteiger partial charge in [0.15, 0.2) is 0 Å². The fraction of sp³-hybridized carbons (Fsp3) is 0.300. The van der Waals surface area contributed by atoms with E-state index in [4.69, 9.17) is 4.98 Å². The predicted octanol–water partition coefficient (Wildman–Crippen LogP) is 5.62. The van der Waals surface area contributed by atoms with E-state index in [-0.39, 0.29) is 17.5 Å². The quantitative estimate of drug-likeness (QED) is 0.252. The molecule has 37 heavy (non-hydrogen) atoms. The molecule has 0 aliphatic rings. The smallest absolute Gasteiger partial charge is 0.266 e. The molecule has 0 fully saturated rings. The normalized spacial score (nSPS) is 12.1. The van der Waals surface area contributed by atoms with Gasteiger partial charge < -0.3 is 9.80 Å². The van der Waals surface area contributed by atoms with E-state index >= 15 is 0 Å². The molecule has 0 saturated heterocycles. The number of para-hydroxylation sites is 1. The van der Waals surface area contributed by atoms with Crippen molar-refractivity contribution < 1.29 is 4.79 Å². The first-order valence-corrected chi connectivity index (χ1v) is 13.4. The number of likely N-dealkylation sites (N-methyl/N-ethyl adjacent to an activating group) is 1. The second-order valence-electron chi connectivity index (χ2n) is 9.40. The molecule has 0 aliphatic carbocycles. The van der Waals surface area contributed by atoms with Gasteiger partial charge in [0.25, 0.3) is 5.56 Å². The van der Waals surface area contributed by atoms with E-state index in [0.717, 1.165) is 15.7 Å². The molecule has 0 N–H and O–H groups in total. The third-order valence-electron chi connectivity index (χ3n) is 6.53. The van der Waals surface area contributed by atoms with Crippen molar-refractivity contribution in [2.75, 3.05) is 27.2 Å². The van der Waals surface area contributed by atoms with Gasteiger partial charge in [0.1, 0.15) is 5.82 Å². The molecular formula is C30H33BrN4O2. The number of nitrogens with zero attached hydrogens (tertiary/aromatic N) is 4. The number of halogens is 1. The van der Waals surface area contributed by atoms with Crippen LogP contribution in [0.1, 0.15) is 37.2 Å². The number of benzene rings is 3. The van der Waals surface area contributed by atoms with Gasteiger partial charge in [-0.3, -0.25) is 14.2 Å². The molecule has 7 heteroatoms. The number of fused-ring (bicyclic) bond motifs is 1. The molecule has 4 rings (SSSR count). The first kappa shape index (κ1) is 26.8. The summed E-state index contributed by atoms with van der Waals surface area (Å²) in [4.78, 5) is 36.5. The van der Waals surface area contributed by atoms with E-state index < -0.39 is 0 Å². The predicted molar refractivity (Wildman–Crippen MR) is 153 cm³/mol. The van der Waals surface area contributed by atoms with Gasteiger partial charge in [0, 0.05) is 24.0 Å². The minimum absolute atomic E-state index is 0.0577. The van der Waals surface area contributed by atoms with Crippen LogP contribution in [0.5, 0.6) is 0 Å². The topological polar surface area (TPSA) is 58.4 Å². The summed E-state index contributed by atoms with van der Waals surface area (Å²) >= 11 is 3.49. The van der Waals surface area contributed by atoms with E-state index in [0.29, 0.717) is 49.1 Å². The average Bonchev–Trinajstić information content (AvgIpc) is 2.91. The number of carbonyl (C=O) groups excluding carboxylic acids is 1. The van der Waals surface area contributed by atoms with Gasteiger partial charge in [0.2, 0.25) is 5.91 Å². The van der Waals surface area contributed by atoms with Crippen molar-refractivity contribution in [1.29, 1.82) is 0 Å². The van der Waals surface area contributed by atoms with Gasteiger partial charge in [0.05, 0.1) is 22.6 Å². The molecule has 6 nitrogen and oxygen atoms in total. The maximum Gasteiger partial charge on any atom is 0.266 e. The molecule has 0 saturated carbocycles. The SMILES string of the molecule is CCC(c1nc2ccccc2c(=O)n1-c1ccc(Br)cc1)N(CCN(C)C)C(=O)CCc1ccccc1. The number of amides is 1. The molecule has 3 aromatic carbocycles. The summed E-state index contributed by atoms with van der Waals surface area (Å²) in [7, 11) is 4.00. The lowest BCUT2D eigenvalue weighted by molar-refractivity contribution is -0.134. The van der Waals surface area contributed by atoms with E-state index in [1.165, 1.54) is 0 Å². The second-order valence-corrected chi connectivity index (χ2v) is 10.3. The Balaban J connectivity index is 1.81. The Kier molecular flexibility index (Phi) is 8.90. The minimum Gasteiger partial charge on any atom is -0.331 e. The van der Waals surface area contributed by atoms with Crippen LogP contribution in [0.15, 0.2) is 88.1 Å². The van der Waals surface area contributed by atoms with E-state index in [2.05, 4.69) is 20.8 Å². The molecule has 1 unspecified atom stereocenters. The summed E-state index contributed by atoms with van der Waals surface area (Å²) in [6.45, 7) is 3.30. The number of rotatable bonds is 10. The van der Waals surface area contributed by atoms with Gasteiger partial charge in [-0.15, -0.1) is 0 Å². The van der Waals surface area contributed by atoms with Gasteiger partial charge in [-0.1, -0.05) is 65.3 Å². The summed E-state index contributed by atoms with van der Waals surface area (Å²) < 4.78 is 2.60. The molecule has 0 spiro atoms. The fourth-order valence-electron chi connectivity index (χ4n) is 4.56. The van der Waals surface area contributed by atoms with Crippen LogP contribution in [0, 0.1) is 0 Å². The molecular weight excluding hydrogens is 528 g/mol. The first-order valence-electron chi connectivity index (χ1n) is 12.6. The van der Waals surface area contributed by atoms with Gasteiger partial charge in [-0.25, -0.2) is 4.98 Å². The Labute approximate surface area is 226 Å². The lowest BCUT2D eigenvalue weighted by atomic mass is 10.1. The average molecular weight is 562 g/mol. The molecule has 0 radical (unpaired) electrons. The molecule has 0 aliphatic heterocycles. The third kappa shape index (κ3) is 6.35. The lowest BCUT2D eigenvalue weighted by Crippen LogP contribution is -2.42. The number of aryl methyl sites for hydroxylation is 1. The molecule has 0 bridgehead atoms. The molecule has 1 atom stereocenters. The van der Waals surface area contributed by atoms with Crippen molar-refractivity contribution in [1.82, 2.24) is 19.4 Å². The Hall–Kier alpha value is -3.29. The summed E-state index contributed by atoms with van der Waals surface area (Å²) in [5.74, 6) is 0.641. The Morgan fingerprint density at radius 2 is 1.62 bits per heavy atom. The highest BCUT2D eigenvalue weighted by Gasteiger charge is 2.29.